The fourth-order valence-corrected chi connectivity index (χ4v) is 2.65. The van der Waals surface area contributed by atoms with E-state index in [9.17, 15) is 4.79 Å². The number of amides is 1. The molecular formula is C20H17N3O. The molecule has 0 fully saturated rings. The highest BCUT2D eigenvalue weighted by molar-refractivity contribution is 5.95. The third-order valence-corrected chi connectivity index (χ3v) is 3.84. The van der Waals surface area contributed by atoms with E-state index in [0.717, 1.165) is 27.6 Å². The van der Waals surface area contributed by atoms with Crippen molar-refractivity contribution in [2.75, 3.05) is 0 Å². The van der Waals surface area contributed by atoms with Crippen molar-refractivity contribution in [2.24, 2.45) is 5.84 Å². The Bertz CT molecular complexity index is 967. The molecule has 0 bridgehead atoms. The molecule has 3 aromatic rings. The highest BCUT2D eigenvalue weighted by Crippen LogP contribution is 2.16. The summed E-state index contributed by atoms with van der Waals surface area (Å²) in [4.78, 5) is 16.3. The minimum atomic E-state index is -0.303. The van der Waals surface area contributed by atoms with Gasteiger partial charge in [0.1, 0.15) is 0 Å². The number of fused-ring (bicyclic) bond motifs is 1. The lowest BCUT2D eigenvalue weighted by Crippen LogP contribution is -2.30. The third-order valence-electron chi connectivity index (χ3n) is 3.84. The quantitative estimate of drug-likeness (QED) is 0.331. The van der Waals surface area contributed by atoms with E-state index >= 15 is 0 Å². The van der Waals surface area contributed by atoms with Gasteiger partial charge < -0.3 is 0 Å². The summed E-state index contributed by atoms with van der Waals surface area (Å²) in [5, 5.41) is 1.05. The first-order chi connectivity index (χ1) is 11.7. The number of nitrogens with zero attached hydrogens (tertiary/aromatic N) is 1. The first kappa shape index (κ1) is 15.7. The molecule has 0 aliphatic carbocycles. The van der Waals surface area contributed by atoms with Crippen molar-refractivity contribution in [3.63, 3.8) is 0 Å². The van der Waals surface area contributed by atoms with Crippen LogP contribution in [-0.2, 0) is 6.42 Å². The van der Waals surface area contributed by atoms with Gasteiger partial charge in [0.2, 0.25) is 0 Å². The van der Waals surface area contributed by atoms with Crippen molar-refractivity contribution < 1.29 is 4.79 Å². The lowest BCUT2D eigenvalue weighted by atomic mass is 9.98. The average molecular weight is 315 g/mol. The van der Waals surface area contributed by atoms with Crippen LogP contribution < -0.4 is 11.3 Å². The Balaban J connectivity index is 2.02. The second kappa shape index (κ2) is 6.95. The molecule has 4 heteroatoms. The van der Waals surface area contributed by atoms with Gasteiger partial charge in [-0.15, -0.1) is 0 Å². The summed E-state index contributed by atoms with van der Waals surface area (Å²) in [5.41, 5.74) is 6.24. The maximum Gasteiger partial charge on any atom is 0.265 e. The van der Waals surface area contributed by atoms with Crippen molar-refractivity contribution >= 4 is 16.8 Å². The highest BCUT2D eigenvalue weighted by Gasteiger charge is 2.11. The minimum absolute atomic E-state index is 0.303. The topological polar surface area (TPSA) is 68.0 Å². The molecule has 0 radical (unpaired) electrons. The van der Waals surface area contributed by atoms with Crippen molar-refractivity contribution in [1.29, 1.82) is 0 Å². The number of hydrazine groups is 1. The van der Waals surface area contributed by atoms with E-state index in [4.69, 9.17) is 5.84 Å². The molecule has 2 aromatic carbocycles. The van der Waals surface area contributed by atoms with Gasteiger partial charge in [0, 0.05) is 28.3 Å². The second-order valence-corrected chi connectivity index (χ2v) is 5.33. The van der Waals surface area contributed by atoms with Crippen molar-refractivity contribution in [2.45, 2.75) is 13.3 Å². The Hall–Kier alpha value is -3.16. The lowest BCUT2D eigenvalue weighted by molar-refractivity contribution is 0.0952. The minimum Gasteiger partial charge on any atom is -0.290 e. The number of nitrogens with one attached hydrogen (secondary N) is 1. The Labute approximate surface area is 140 Å². The smallest absolute Gasteiger partial charge is 0.265 e. The summed E-state index contributed by atoms with van der Waals surface area (Å²) in [7, 11) is 0. The zero-order valence-electron chi connectivity index (χ0n) is 13.3. The number of nitrogen functional groups attached to an aromatic ring is 1. The molecule has 0 atom stereocenters. The number of pyridine rings is 1. The predicted molar refractivity (Wildman–Crippen MR) is 95.2 cm³/mol. The van der Waals surface area contributed by atoms with E-state index < -0.39 is 0 Å². The number of aromatic nitrogens is 1. The monoisotopic (exact) mass is 315 g/mol. The zero-order valence-corrected chi connectivity index (χ0v) is 13.3. The van der Waals surface area contributed by atoms with Crippen LogP contribution in [0, 0.1) is 11.8 Å². The molecule has 1 aromatic heterocycles. The van der Waals surface area contributed by atoms with Crippen LogP contribution in [0.2, 0.25) is 0 Å². The van der Waals surface area contributed by atoms with Gasteiger partial charge in [0.15, 0.2) is 0 Å². The summed E-state index contributed by atoms with van der Waals surface area (Å²) in [6, 6.07) is 15.4. The van der Waals surface area contributed by atoms with E-state index in [1.807, 2.05) is 49.4 Å². The fourth-order valence-electron chi connectivity index (χ4n) is 2.65. The number of hydrogen-bond acceptors (Lipinski definition) is 3. The highest BCUT2D eigenvalue weighted by atomic mass is 16.2. The summed E-state index contributed by atoms with van der Waals surface area (Å²) in [5.74, 6) is 11.2. The number of nitrogens with two attached hydrogens (primary N) is 1. The van der Waals surface area contributed by atoms with Crippen LogP contribution >= 0.6 is 0 Å². The van der Waals surface area contributed by atoms with Gasteiger partial charge in [-0.05, 0) is 36.2 Å². The SMILES string of the molecule is CCc1c(C#Cc2cnc3ccccc3c2)cccc1C(=O)NN. The maximum absolute atomic E-state index is 11.9. The number of rotatable bonds is 2. The van der Waals surface area contributed by atoms with E-state index in [1.54, 1.807) is 12.3 Å². The first-order valence-corrected chi connectivity index (χ1v) is 7.72. The molecule has 0 aliphatic heterocycles. The van der Waals surface area contributed by atoms with E-state index in [1.165, 1.54) is 0 Å². The fraction of sp³-hybridized carbons (Fsp3) is 0.100. The first-order valence-electron chi connectivity index (χ1n) is 7.72. The van der Waals surface area contributed by atoms with Crippen LogP contribution in [0.25, 0.3) is 10.9 Å². The summed E-state index contributed by atoms with van der Waals surface area (Å²) < 4.78 is 0. The molecular weight excluding hydrogens is 298 g/mol. The lowest BCUT2D eigenvalue weighted by Gasteiger charge is -2.08. The standard InChI is InChI=1S/C20H17N3O/c1-2-17-15(7-5-8-18(17)20(24)23-21)11-10-14-12-16-6-3-4-9-19(16)22-13-14/h3-9,12-13H,2,21H2,1H3,(H,23,24). The van der Waals surface area contributed by atoms with Gasteiger partial charge in [0.25, 0.3) is 5.91 Å². The van der Waals surface area contributed by atoms with Crippen molar-refractivity contribution in [3.8, 4) is 11.8 Å². The summed E-state index contributed by atoms with van der Waals surface area (Å²) in [6.07, 6.45) is 2.46. The van der Waals surface area contributed by atoms with Gasteiger partial charge in [-0.25, -0.2) is 5.84 Å². The van der Waals surface area contributed by atoms with Crippen LogP contribution in [0.5, 0.6) is 0 Å². The van der Waals surface area contributed by atoms with E-state index in [-0.39, 0.29) is 5.91 Å². The molecule has 24 heavy (non-hydrogen) atoms. The van der Waals surface area contributed by atoms with Gasteiger partial charge in [0.05, 0.1) is 5.52 Å². The number of para-hydroxylation sites is 1. The number of benzene rings is 2. The van der Waals surface area contributed by atoms with Gasteiger partial charge in [-0.3, -0.25) is 15.2 Å². The molecule has 3 N–H and O–H groups in total. The molecule has 4 nitrogen and oxygen atoms in total. The number of carbonyl (C=O) groups is 1. The molecule has 0 saturated carbocycles. The van der Waals surface area contributed by atoms with Gasteiger partial charge in [-0.2, -0.15) is 0 Å². The van der Waals surface area contributed by atoms with Crippen LogP contribution in [0.3, 0.4) is 0 Å². The third kappa shape index (κ3) is 3.12. The van der Waals surface area contributed by atoms with Crippen molar-refractivity contribution in [1.82, 2.24) is 10.4 Å². The summed E-state index contributed by atoms with van der Waals surface area (Å²) in [6.45, 7) is 1.99. The van der Waals surface area contributed by atoms with E-state index in [0.29, 0.717) is 12.0 Å². The molecule has 1 amide bonds. The van der Waals surface area contributed by atoms with Crippen molar-refractivity contribution in [3.05, 3.63) is 77.0 Å². The Kier molecular flexibility index (Phi) is 4.55. The Morgan fingerprint density at radius 3 is 2.79 bits per heavy atom. The largest absolute Gasteiger partial charge is 0.290 e. The molecule has 0 spiro atoms. The zero-order chi connectivity index (χ0) is 16.9. The molecule has 0 aliphatic rings. The predicted octanol–water partition coefficient (Wildman–Crippen LogP) is 2.80. The Morgan fingerprint density at radius 1 is 1.17 bits per heavy atom. The molecule has 0 saturated heterocycles. The van der Waals surface area contributed by atoms with Crippen LogP contribution in [0.1, 0.15) is 34.0 Å². The van der Waals surface area contributed by atoms with Crippen LogP contribution in [0.4, 0.5) is 0 Å². The molecule has 0 unspecified atom stereocenters. The van der Waals surface area contributed by atoms with E-state index in [2.05, 4.69) is 22.3 Å². The molecule has 1 heterocycles. The molecule has 118 valence electrons. The van der Waals surface area contributed by atoms with Gasteiger partial charge in [-0.1, -0.05) is 43.0 Å². The summed E-state index contributed by atoms with van der Waals surface area (Å²) >= 11 is 0. The molecule has 3 rings (SSSR count). The maximum atomic E-state index is 11.9. The normalized spacial score (nSPS) is 10.1. The second-order valence-electron chi connectivity index (χ2n) is 5.33. The van der Waals surface area contributed by atoms with Crippen LogP contribution in [0.15, 0.2) is 54.7 Å². The number of hydrogen-bond donors (Lipinski definition) is 2. The number of carbonyl (C=O) groups excluding carboxylic acids is 1. The van der Waals surface area contributed by atoms with Crippen LogP contribution in [-0.4, -0.2) is 10.9 Å². The Morgan fingerprint density at radius 2 is 2.00 bits per heavy atom. The van der Waals surface area contributed by atoms with Gasteiger partial charge >= 0.3 is 0 Å². The average Bonchev–Trinajstić information content (AvgIpc) is 2.65.